The Morgan fingerprint density at radius 2 is 1.41 bits per heavy atom. The average molecular weight is 902 g/mol. The zero-order valence-electron chi connectivity index (χ0n) is 36.8. The van der Waals surface area contributed by atoms with E-state index in [0.29, 0.717) is 37.8 Å². The van der Waals surface area contributed by atoms with Crippen LogP contribution >= 0.6 is 0 Å². The number of carbonyl (C=O) groups excluding carboxylic acids is 5. The predicted molar refractivity (Wildman–Crippen MR) is 226 cm³/mol. The fraction of sp³-hybridized carbons (Fsp3) is 0.659. The number of aliphatic imine (C=N–C) groups is 1. The minimum Gasteiger partial charge on any atom is -0.508 e. The SMILES string of the molecule is CC(C)C[C@H](NC(=O)[C@@H](NC(=O)[C@H](Cc1ccc(O)cc1)NC(=O)[C@@H]1CCCN1C(=O)[C@H](CCCN=C(N)N)NC(=O)[C@@H](C)CCCCN)C(C)(C)C)C(=O)O.O=C(O)C(F)(F)F. The Morgan fingerprint density at radius 3 is 1.92 bits per heavy atom. The second kappa shape index (κ2) is 26.1. The summed E-state index contributed by atoms with van der Waals surface area (Å²) in [6.07, 6.45) is -1.44. The molecule has 1 aliphatic heterocycles. The molecule has 1 aliphatic rings. The first-order valence-corrected chi connectivity index (χ1v) is 20.8. The van der Waals surface area contributed by atoms with E-state index in [4.69, 9.17) is 27.1 Å². The van der Waals surface area contributed by atoms with Gasteiger partial charge in [0, 0.05) is 25.4 Å². The number of carboxylic acid groups (broad SMARTS) is 2. The van der Waals surface area contributed by atoms with Crippen LogP contribution in [0.5, 0.6) is 5.75 Å². The molecule has 1 aromatic carbocycles. The molecule has 1 saturated heterocycles. The first-order chi connectivity index (χ1) is 29.2. The molecule has 13 N–H and O–H groups in total. The van der Waals surface area contributed by atoms with Crippen LogP contribution in [0.25, 0.3) is 0 Å². The normalized spacial score (nSPS) is 16.2. The summed E-state index contributed by atoms with van der Waals surface area (Å²) in [5.74, 6) is -7.22. The van der Waals surface area contributed by atoms with Crippen LogP contribution in [-0.2, 0) is 40.0 Å². The summed E-state index contributed by atoms with van der Waals surface area (Å²) in [6, 6.07) is 0.537. The van der Waals surface area contributed by atoms with Gasteiger partial charge in [0.15, 0.2) is 5.96 Å². The Balaban J connectivity index is 0.00000260. The van der Waals surface area contributed by atoms with Gasteiger partial charge in [-0.1, -0.05) is 60.1 Å². The van der Waals surface area contributed by atoms with Gasteiger partial charge in [0.2, 0.25) is 29.5 Å². The summed E-state index contributed by atoms with van der Waals surface area (Å²) in [4.78, 5) is 95.3. The number of carbonyl (C=O) groups is 7. The maximum Gasteiger partial charge on any atom is 0.490 e. The van der Waals surface area contributed by atoms with Crippen LogP contribution in [-0.4, -0.2) is 124 Å². The Labute approximate surface area is 365 Å². The Morgan fingerprint density at radius 1 is 0.825 bits per heavy atom. The molecule has 63 heavy (non-hydrogen) atoms. The number of hydrogen-bond donors (Lipinski definition) is 10. The predicted octanol–water partition coefficient (Wildman–Crippen LogP) is 1.49. The maximum atomic E-state index is 14.1. The van der Waals surface area contributed by atoms with Crippen LogP contribution in [0.1, 0.15) is 98.5 Å². The number of hydrogen-bond acceptors (Lipinski definition) is 10. The molecular formula is C41H66F3N9O10. The van der Waals surface area contributed by atoms with Crippen LogP contribution in [0.4, 0.5) is 13.2 Å². The largest absolute Gasteiger partial charge is 0.508 e. The number of aromatic hydroxyl groups is 1. The highest BCUT2D eigenvalue weighted by atomic mass is 19.4. The van der Waals surface area contributed by atoms with E-state index in [2.05, 4.69) is 26.3 Å². The smallest absolute Gasteiger partial charge is 0.490 e. The molecule has 1 fully saturated rings. The van der Waals surface area contributed by atoms with Crippen molar-refractivity contribution in [3.63, 3.8) is 0 Å². The zero-order chi connectivity index (χ0) is 48.2. The van der Waals surface area contributed by atoms with Crippen molar-refractivity contribution in [3.05, 3.63) is 29.8 Å². The molecule has 0 bridgehead atoms. The number of unbranched alkanes of at least 4 members (excludes halogenated alkanes) is 1. The number of nitrogens with one attached hydrogen (secondary N) is 4. The molecule has 5 amide bonds. The van der Waals surface area contributed by atoms with Crippen molar-refractivity contribution in [1.82, 2.24) is 26.2 Å². The lowest BCUT2D eigenvalue weighted by Crippen LogP contribution is -2.61. The van der Waals surface area contributed by atoms with Crippen LogP contribution < -0.4 is 38.5 Å². The lowest BCUT2D eigenvalue weighted by Gasteiger charge is -2.33. The van der Waals surface area contributed by atoms with Crippen molar-refractivity contribution >= 4 is 47.4 Å². The number of guanidine groups is 1. The molecule has 0 aromatic heterocycles. The Bertz CT molecular complexity index is 1720. The van der Waals surface area contributed by atoms with Crippen LogP contribution in [0.2, 0.25) is 0 Å². The first kappa shape index (κ1) is 55.3. The number of aliphatic carboxylic acids is 2. The molecule has 1 aromatic rings. The van der Waals surface area contributed by atoms with E-state index >= 15 is 0 Å². The van der Waals surface area contributed by atoms with Gasteiger partial charge in [0.1, 0.15) is 36.0 Å². The van der Waals surface area contributed by atoms with Crippen molar-refractivity contribution in [2.75, 3.05) is 19.6 Å². The van der Waals surface area contributed by atoms with Gasteiger partial charge in [0.25, 0.3) is 0 Å². The number of alkyl halides is 3. The Kier molecular flexibility index (Phi) is 22.9. The first-order valence-electron chi connectivity index (χ1n) is 20.8. The van der Waals surface area contributed by atoms with Gasteiger partial charge < -0.3 is 58.7 Å². The number of carboxylic acids is 2. The van der Waals surface area contributed by atoms with Crippen LogP contribution in [0.15, 0.2) is 29.3 Å². The van der Waals surface area contributed by atoms with E-state index in [1.165, 1.54) is 17.0 Å². The molecule has 6 atom stereocenters. The lowest BCUT2D eigenvalue weighted by atomic mass is 9.85. The summed E-state index contributed by atoms with van der Waals surface area (Å²) in [5.41, 5.74) is 16.3. The number of nitrogens with two attached hydrogens (primary N) is 3. The summed E-state index contributed by atoms with van der Waals surface area (Å²) >= 11 is 0. The number of likely N-dealkylation sites (tertiary alicyclic amines) is 1. The van der Waals surface area contributed by atoms with Crippen LogP contribution in [0, 0.1) is 17.3 Å². The molecule has 356 valence electrons. The van der Waals surface area contributed by atoms with E-state index in [0.717, 1.165) is 12.8 Å². The topological polar surface area (TPSA) is 322 Å². The molecule has 0 saturated carbocycles. The summed E-state index contributed by atoms with van der Waals surface area (Å²) < 4.78 is 31.7. The third-order valence-electron chi connectivity index (χ3n) is 9.93. The summed E-state index contributed by atoms with van der Waals surface area (Å²) in [6.45, 7) is 11.6. The third kappa shape index (κ3) is 20.4. The van der Waals surface area contributed by atoms with Gasteiger partial charge in [-0.05, 0) is 80.5 Å². The summed E-state index contributed by atoms with van der Waals surface area (Å²) in [7, 11) is 0. The number of phenols is 1. The minimum atomic E-state index is -5.08. The van der Waals surface area contributed by atoms with E-state index in [1.807, 2.05) is 13.8 Å². The monoisotopic (exact) mass is 901 g/mol. The molecular weight excluding hydrogens is 835 g/mol. The van der Waals surface area contributed by atoms with Gasteiger partial charge in [-0.25, -0.2) is 9.59 Å². The number of phenolic OH excluding ortho intramolecular Hbond substituents is 1. The Hall–Kier alpha value is -5.67. The fourth-order valence-corrected chi connectivity index (χ4v) is 6.52. The van der Waals surface area contributed by atoms with Gasteiger partial charge in [0.05, 0.1) is 0 Å². The second-order valence-corrected chi connectivity index (χ2v) is 17.0. The van der Waals surface area contributed by atoms with Gasteiger partial charge in [-0.3, -0.25) is 29.0 Å². The molecule has 19 nitrogen and oxygen atoms in total. The van der Waals surface area contributed by atoms with Gasteiger partial charge >= 0.3 is 18.1 Å². The molecule has 2 rings (SSSR count). The van der Waals surface area contributed by atoms with Crippen molar-refractivity contribution in [1.29, 1.82) is 0 Å². The quantitative estimate of drug-likeness (QED) is 0.0449. The van der Waals surface area contributed by atoms with E-state index in [-0.39, 0.29) is 61.8 Å². The van der Waals surface area contributed by atoms with Crippen LogP contribution in [0.3, 0.4) is 0 Å². The van der Waals surface area contributed by atoms with Crippen molar-refractivity contribution in [3.8, 4) is 5.75 Å². The average Bonchev–Trinajstić information content (AvgIpc) is 3.67. The number of rotatable bonds is 22. The molecule has 0 spiro atoms. The van der Waals surface area contributed by atoms with Gasteiger partial charge in [-0.15, -0.1) is 0 Å². The van der Waals surface area contributed by atoms with Crippen molar-refractivity contribution < 1.29 is 62.1 Å². The second-order valence-electron chi connectivity index (χ2n) is 17.0. The molecule has 0 unspecified atom stereocenters. The fourth-order valence-electron chi connectivity index (χ4n) is 6.52. The highest BCUT2D eigenvalue weighted by molar-refractivity contribution is 5.96. The number of nitrogens with zero attached hydrogens (tertiary/aromatic N) is 2. The lowest BCUT2D eigenvalue weighted by molar-refractivity contribution is -0.192. The number of amides is 5. The zero-order valence-corrected chi connectivity index (χ0v) is 36.8. The number of benzene rings is 1. The minimum absolute atomic E-state index is 0.00245. The summed E-state index contributed by atoms with van der Waals surface area (Å²) in [5, 5.41) is 37.7. The van der Waals surface area contributed by atoms with E-state index in [1.54, 1.807) is 39.8 Å². The van der Waals surface area contributed by atoms with Crippen molar-refractivity contribution in [2.45, 2.75) is 136 Å². The third-order valence-corrected chi connectivity index (χ3v) is 9.93. The number of halogens is 3. The molecule has 22 heteroatoms. The van der Waals surface area contributed by atoms with Crippen molar-refractivity contribution in [2.24, 2.45) is 39.4 Å². The van der Waals surface area contributed by atoms with E-state index < -0.39 is 77.4 Å². The molecule has 1 heterocycles. The highest BCUT2D eigenvalue weighted by Gasteiger charge is 2.41. The van der Waals surface area contributed by atoms with Gasteiger partial charge in [-0.2, -0.15) is 13.2 Å². The highest BCUT2D eigenvalue weighted by Crippen LogP contribution is 2.23. The van der Waals surface area contributed by atoms with E-state index in [9.17, 15) is 52.2 Å². The standard InChI is InChI=1S/C39H65N9O8.C2HF3O2/c1-23(2)21-29(37(55)56)46-35(53)31(39(4,5)6)47-33(51)28(22-25-14-16-26(49)17-15-25)45-34(52)30-13-10-20-48(30)36(54)27(12-9-19-43-38(41)42)44-32(50)24(3)11-7-8-18-40;3-2(4,5)1(6)7/h14-17,23-24,27-31,49H,7-13,18-22,40H2,1-6H3,(H,44,50)(H,45,52)(H,46,53)(H,47,51)(H,55,56)(H4,41,42,43);(H,6,7)/t24-,27-,28-,29-,30-,31+;/m0./s1. The maximum absolute atomic E-state index is 14.1. The molecule has 0 aliphatic carbocycles. The molecule has 0 radical (unpaired) electrons.